The third-order valence-corrected chi connectivity index (χ3v) is 10.2. The van der Waals surface area contributed by atoms with Crippen LogP contribution in [0.3, 0.4) is 0 Å². The molecular weight excluding hydrogens is 702 g/mol. The Morgan fingerprint density at radius 1 is 0.782 bits per heavy atom. The van der Waals surface area contributed by atoms with Crippen molar-refractivity contribution in [3.05, 3.63) is 103 Å². The van der Waals surface area contributed by atoms with E-state index in [4.69, 9.17) is 10.5 Å². The summed E-state index contributed by atoms with van der Waals surface area (Å²) in [4.78, 5) is 73.9. The zero-order valence-corrected chi connectivity index (χ0v) is 30.6. The van der Waals surface area contributed by atoms with Gasteiger partial charge in [-0.05, 0) is 67.0 Å². The topological polar surface area (TPSA) is 202 Å². The Morgan fingerprint density at radius 2 is 1.31 bits per heavy atom. The first-order valence-electron chi connectivity index (χ1n) is 18.3. The van der Waals surface area contributed by atoms with E-state index in [0.29, 0.717) is 36.9 Å². The molecule has 15 heteroatoms. The fraction of sp³-hybridized carbons (Fsp3) is 0.325. The molecule has 2 fully saturated rings. The highest BCUT2D eigenvalue weighted by Crippen LogP contribution is 2.35. The largest absolute Gasteiger partial charge is 0.453 e. The van der Waals surface area contributed by atoms with Gasteiger partial charge >= 0.3 is 12.2 Å². The smallest absolute Gasteiger partial charge is 0.407 e. The lowest BCUT2D eigenvalue weighted by Gasteiger charge is -2.27. The Balaban J connectivity index is 0.994. The Kier molecular flexibility index (Phi) is 10.9. The zero-order valence-electron chi connectivity index (χ0n) is 30.6. The quantitative estimate of drug-likeness (QED) is 0.138. The van der Waals surface area contributed by atoms with Crippen molar-refractivity contribution in [3.8, 4) is 33.6 Å². The maximum Gasteiger partial charge on any atom is 0.407 e. The molecule has 0 radical (unpaired) electrons. The number of aromatic nitrogens is 5. The Morgan fingerprint density at radius 3 is 1.80 bits per heavy atom. The van der Waals surface area contributed by atoms with E-state index in [-0.39, 0.29) is 30.3 Å². The predicted octanol–water partition coefficient (Wildman–Crippen LogP) is 5.31. The van der Waals surface area contributed by atoms with Crippen molar-refractivity contribution >= 4 is 24.0 Å². The maximum absolute atomic E-state index is 13.7. The molecule has 3 aromatic heterocycles. The number of likely N-dealkylation sites (tertiary alicyclic amines) is 2. The van der Waals surface area contributed by atoms with Gasteiger partial charge in [0.2, 0.25) is 5.91 Å². The summed E-state index contributed by atoms with van der Waals surface area (Å²) in [5.41, 5.74) is 11.6. The summed E-state index contributed by atoms with van der Waals surface area (Å²) in [5.74, 6) is 0.862. The molecular formula is C40H43N9O6. The fourth-order valence-electron chi connectivity index (χ4n) is 7.38. The van der Waals surface area contributed by atoms with Crippen molar-refractivity contribution < 1.29 is 28.7 Å². The van der Waals surface area contributed by atoms with Gasteiger partial charge in [-0.25, -0.2) is 19.6 Å². The van der Waals surface area contributed by atoms with E-state index in [2.05, 4.69) is 59.2 Å². The van der Waals surface area contributed by atoms with Crippen LogP contribution in [0.4, 0.5) is 9.59 Å². The number of carbonyl (C=O) groups excluding carboxylic acids is 4. The van der Waals surface area contributed by atoms with Crippen LogP contribution in [0.15, 0.2) is 85.3 Å². The normalized spacial score (nSPS) is 17.8. The number of amides is 4. The Hall–Kier alpha value is -6.51. The molecule has 0 bridgehead atoms. The minimum Gasteiger partial charge on any atom is -0.453 e. The van der Waals surface area contributed by atoms with Crippen LogP contribution in [-0.4, -0.2) is 91.1 Å². The first-order chi connectivity index (χ1) is 26.7. The number of benzene rings is 2. The highest BCUT2D eigenvalue weighted by Gasteiger charge is 2.38. The molecule has 0 unspecified atom stereocenters. The van der Waals surface area contributed by atoms with Crippen LogP contribution in [-0.2, 0) is 25.5 Å². The average Bonchev–Trinajstić information content (AvgIpc) is 4.04. The number of nitrogens with two attached hydrogens (primary N) is 1. The lowest BCUT2D eigenvalue weighted by Crippen LogP contribution is -2.46. The number of carbonyl (C=O) groups is 4. The number of pyridine rings is 1. The lowest BCUT2D eigenvalue weighted by molar-refractivity contribution is -0.141. The molecule has 4 atom stereocenters. The number of primary amides is 1. The summed E-state index contributed by atoms with van der Waals surface area (Å²) in [6, 6.07) is 20.5. The summed E-state index contributed by atoms with van der Waals surface area (Å²) in [5, 5.41) is 2.55. The number of methoxy groups -OCH3 is 1. The molecule has 0 aliphatic carbocycles. The van der Waals surface area contributed by atoms with Crippen molar-refractivity contribution in [2.24, 2.45) is 5.73 Å². The van der Waals surface area contributed by atoms with Gasteiger partial charge in [0, 0.05) is 31.4 Å². The number of ether oxygens (including phenoxy) is 2. The van der Waals surface area contributed by atoms with Gasteiger partial charge in [0.25, 0.3) is 5.91 Å². The maximum atomic E-state index is 13.7. The number of H-pyrrole nitrogens is 2. The van der Waals surface area contributed by atoms with E-state index in [0.717, 1.165) is 52.9 Å². The number of nitrogens with one attached hydrogen (secondary N) is 3. The SMILES string of the molecule is COC(=O)N[C@@H](C)C(=O)N1CCC[C@H]1c1ncc(-c2ccc(-c3ccc(-c4cnc([C@@H]5CCCN5C(=O)[C@H](Cc5ccccn5)OC(N)=O)[nH]4)cc3)cc2)[nH]1. The molecule has 0 spiro atoms. The van der Waals surface area contributed by atoms with E-state index in [9.17, 15) is 19.2 Å². The molecule has 0 saturated carbocycles. The van der Waals surface area contributed by atoms with Crippen LogP contribution >= 0.6 is 0 Å². The first kappa shape index (κ1) is 36.8. The van der Waals surface area contributed by atoms with Gasteiger partial charge in [0.05, 0.1) is 43.0 Å². The molecule has 5 N–H and O–H groups in total. The van der Waals surface area contributed by atoms with Crippen molar-refractivity contribution in [2.45, 2.75) is 63.3 Å². The van der Waals surface area contributed by atoms with Gasteiger partial charge < -0.3 is 40.3 Å². The monoisotopic (exact) mass is 745 g/mol. The van der Waals surface area contributed by atoms with Crippen LogP contribution in [0.2, 0.25) is 0 Å². The standard InChI is InChI=1S/C40H43N9O6/c1-24(45-40(53)54-2)37(50)48-19-5-8-32(48)35-43-22-30(46-35)27-14-10-25(11-15-27)26-12-16-28(17-13-26)31-23-44-36(47-31)33-9-6-20-49(33)38(51)34(55-39(41)52)21-29-7-3-4-18-42-29/h3-4,7,10-18,22-24,32-34H,5-6,8-9,19-21H2,1-2H3,(H2,41,52)(H,43,46)(H,44,47)(H,45,53)/t24-,32-,33-,34-/m0/s1. The van der Waals surface area contributed by atoms with Gasteiger partial charge in [0.15, 0.2) is 6.10 Å². The zero-order chi connectivity index (χ0) is 38.5. The molecule has 7 rings (SSSR count). The highest BCUT2D eigenvalue weighted by molar-refractivity contribution is 5.86. The molecule has 2 aromatic carbocycles. The second kappa shape index (κ2) is 16.2. The summed E-state index contributed by atoms with van der Waals surface area (Å²) < 4.78 is 9.90. The summed E-state index contributed by atoms with van der Waals surface area (Å²) in [6.07, 6.45) is 5.67. The average molecular weight is 746 g/mol. The fourth-order valence-corrected chi connectivity index (χ4v) is 7.38. The number of hydrogen-bond donors (Lipinski definition) is 4. The molecule has 5 aromatic rings. The number of aromatic amines is 2. The molecule has 15 nitrogen and oxygen atoms in total. The van der Waals surface area contributed by atoms with E-state index >= 15 is 0 Å². The number of imidazole rings is 2. The predicted molar refractivity (Wildman–Crippen MR) is 202 cm³/mol. The lowest BCUT2D eigenvalue weighted by atomic mass is 10.0. The number of alkyl carbamates (subject to hydrolysis) is 1. The van der Waals surface area contributed by atoms with Crippen LogP contribution in [0.25, 0.3) is 33.6 Å². The molecule has 2 aliphatic rings. The van der Waals surface area contributed by atoms with E-state index in [1.807, 2.05) is 30.3 Å². The van der Waals surface area contributed by atoms with Crippen LogP contribution in [0, 0.1) is 0 Å². The number of rotatable bonds is 11. The van der Waals surface area contributed by atoms with E-state index in [1.165, 1.54) is 7.11 Å². The van der Waals surface area contributed by atoms with Gasteiger partial charge in [0.1, 0.15) is 17.7 Å². The summed E-state index contributed by atoms with van der Waals surface area (Å²) in [7, 11) is 1.27. The van der Waals surface area contributed by atoms with Crippen LogP contribution in [0.5, 0.6) is 0 Å². The summed E-state index contributed by atoms with van der Waals surface area (Å²) >= 11 is 0. The molecule has 55 heavy (non-hydrogen) atoms. The minimum absolute atomic E-state index is 0.121. The molecule has 2 saturated heterocycles. The van der Waals surface area contributed by atoms with Crippen molar-refractivity contribution in [2.75, 3.05) is 20.2 Å². The van der Waals surface area contributed by atoms with Crippen LogP contribution < -0.4 is 11.1 Å². The number of hydrogen-bond acceptors (Lipinski definition) is 9. The second-order valence-corrected chi connectivity index (χ2v) is 13.7. The van der Waals surface area contributed by atoms with Crippen molar-refractivity contribution in [3.63, 3.8) is 0 Å². The number of nitrogens with zero attached hydrogens (tertiary/aromatic N) is 5. The molecule has 4 amide bonds. The third-order valence-electron chi connectivity index (χ3n) is 10.2. The third kappa shape index (κ3) is 8.20. The van der Waals surface area contributed by atoms with Crippen LogP contribution in [0.1, 0.15) is 62.0 Å². The van der Waals surface area contributed by atoms with Crippen molar-refractivity contribution in [1.82, 2.24) is 40.0 Å². The van der Waals surface area contributed by atoms with E-state index in [1.54, 1.807) is 47.4 Å². The van der Waals surface area contributed by atoms with Crippen molar-refractivity contribution in [1.29, 1.82) is 0 Å². The molecule has 2 aliphatic heterocycles. The Labute approximate surface area is 317 Å². The van der Waals surface area contributed by atoms with Gasteiger partial charge in [-0.15, -0.1) is 0 Å². The summed E-state index contributed by atoms with van der Waals surface area (Å²) in [6.45, 7) is 2.74. The highest BCUT2D eigenvalue weighted by atomic mass is 16.6. The van der Waals surface area contributed by atoms with E-state index < -0.39 is 24.3 Å². The second-order valence-electron chi connectivity index (χ2n) is 13.7. The molecule has 5 heterocycles. The molecule has 284 valence electrons. The van der Waals surface area contributed by atoms with Gasteiger partial charge in [-0.2, -0.15) is 0 Å². The van der Waals surface area contributed by atoms with Gasteiger partial charge in [-0.1, -0.05) is 54.6 Å². The van der Waals surface area contributed by atoms with Gasteiger partial charge in [-0.3, -0.25) is 14.6 Å². The minimum atomic E-state index is -1.09. The first-order valence-corrected chi connectivity index (χ1v) is 18.3. The Bertz CT molecular complexity index is 2130.